The Morgan fingerprint density at radius 1 is 1.42 bits per heavy atom. The van der Waals surface area contributed by atoms with Crippen molar-refractivity contribution in [2.45, 2.75) is 25.5 Å². The van der Waals surface area contributed by atoms with Crippen LogP contribution in [0.5, 0.6) is 0 Å². The van der Waals surface area contributed by atoms with Crippen molar-refractivity contribution >= 4 is 32.7 Å². The molecule has 2 N–H and O–H groups in total. The van der Waals surface area contributed by atoms with Crippen LogP contribution >= 0.6 is 11.6 Å². The summed E-state index contributed by atoms with van der Waals surface area (Å²) in [4.78, 5) is 7.49. The monoisotopic (exact) mass is 301 g/mol. The number of hydrogen-bond acceptors (Lipinski definition) is 3. The molecule has 0 amide bonds. The summed E-state index contributed by atoms with van der Waals surface area (Å²) in [5.74, 6) is 0.740. The van der Waals surface area contributed by atoms with Gasteiger partial charge in [-0.15, -0.1) is 0 Å². The summed E-state index contributed by atoms with van der Waals surface area (Å²) in [5.41, 5.74) is 1.68. The molecule has 0 bridgehead atoms. The minimum Gasteiger partial charge on any atom is -0.342 e. The SMILES string of the molecule is CC(C)S(=O)(=O)NCCc1nc2ccc(Cl)cc2[nH]1. The van der Waals surface area contributed by atoms with Crippen molar-refractivity contribution in [2.75, 3.05) is 6.54 Å². The van der Waals surface area contributed by atoms with Gasteiger partial charge in [0.2, 0.25) is 10.0 Å². The number of nitrogens with zero attached hydrogens (tertiary/aromatic N) is 1. The number of imidazole rings is 1. The van der Waals surface area contributed by atoms with E-state index in [-0.39, 0.29) is 0 Å². The van der Waals surface area contributed by atoms with Crippen molar-refractivity contribution in [3.63, 3.8) is 0 Å². The summed E-state index contributed by atoms with van der Waals surface area (Å²) in [5, 5.41) is 0.213. The quantitative estimate of drug-likeness (QED) is 0.888. The second kappa shape index (κ2) is 5.48. The normalized spacial score (nSPS) is 12.4. The highest BCUT2D eigenvalue weighted by Gasteiger charge is 2.14. The average molecular weight is 302 g/mol. The molecule has 0 unspecified atom stereocenters. The molecule has 7 heteroatoms. The molecule has 0 aliphatic rings. The first-order valence-corrected chi connectivity index (χ1v) is 7.93. The van der Waals surface area contributed by atoms with Crippen molar-refractivity contribution in [1.82, 2.24) is 14.7 Å². The molecule has 19 heavy (non-hydrogen) atoms. The van der Waals surface area contributed by atoms with E-state index in [9.17, 15) is 8.42 Å². The topological polar surface area (TPSA) is 74.8 Å². The third-order valence-electron chi connectivity index (χ3n) is 2.78. The summed E-state index contributed by atoms with van der Waals surface area (Å²) in [7, 11) is -3.22. The van der Waals surface area contributed by atoms with Crippen LogP contribution in [0.4, 0.5) is 0 Å². The molecule has 1 heterocycles. The molecule has 0 spiro atoms. The van der Waals surface area contributed by atoms with Gasteiger partial charge in [-0.05, 0) is 32.0 Å². The van der Waals surface area contributed by atoms with Crippen LogP contribution in [0.2, 0.25) is 5.02 Å². The van der Waals surface area contributed by atoms with E-state index in [1.54, 1.807) is 26.0 Å². The van der Waals surface area contributed by atoms with Crippen LogP contribution in [-0.4, -0.2) is 30.2 Å². The van der Waals surface area contributed by atoms with Gasteiger partial charge in [0.1, 0.15) is 5.82 Å². The molecule has 1 aromatic carbocycles. The molecule has 0 saturated heterocycles. The van der Waals surface area contributed by atoms with E-state index in [1.807, 2.05) is 6.07 Å². The molecular formula is C12H16ClN3O2S. The Hall–Kier alpha value is -1.11. The maximum absolute atomic E-state index is 11.6. The number of fused-ring (bicyclic) bond motifs is 1. The summed E-state index contributed by atoms with van der Waals surface area (Å²) in [6.07, 6.45) is 0.512. The molecule has 2 rings (SSSR count). The zero-order valence-electron chi connectivity index (χ0n) is 10.8. The van der Waals surface area contributed by atoms with Crippen LogP contribution < -0.4 is 4.72 Å². The second-order valence-electron chi connectivity index (χ2n) is 4.58. The maximum Gasteiger partial charge on any atom is 0.213 e. The molecule has 0 radical (unpaired) electrons. The first-order valence-electron chi connectivity index (χ1n) is 6.01. The lowest BCUT2D eigenvalue weighted by Crippen LogP contribution is -2.32. The lowest BCUT2D eigenvalue weighted by Gasteiger charge is -2.08. The highest BCUT2D eigenvalue weighted by Crippen LogP contribution is 2.17. The van der Waals surface area contributed by atoms with Crippen LogP contribution in [0.25, 0.3) is 11.0 Å². The summed E-state index contributed by atoms with van der Waals surface area (Å²) < 4.78 is 25.7. The van der Waals surface area contributed by atoms with Crippen molar-refractivity contribution in [3.8, 4) is 0 Å². The Bertz CT molecular complexity index is 679. The number of sulfonamides is 1. The summed E-state index contributed by atoms with van der Waals surface area (Å²) >= 11 is 5.89. The smallest absolute Gasteiger partial charge is 0.213 e. The molecule has 0 fully saturated rings. The van der Waals surface area contributed by atoms with Crippen molar-refractivity contribution < 1.29 is 8.42 Å². The van der Waals surface area contributed by atoms with Crippen molar-refractivity contribution in [2.24, 2.45) is 0 Å². The highest BCUT2D eigenvalue weighted by molar-refractivity contribution is 7.90. The number of aromatic nitrogens is 2. The molecule has 0 atom stereocenters. The van der Waals surface area contributed by atoms with E-state index in [0.29, 0.717) is 18.0 Å². The molecule has 104 valence electrons. The fraction of sp³-hybridized carbons (Fsp3) is 0.417. The van der Waals surface area contributed by atoms with Crippen molar-refractivity contribution in [1.29, 1.82) is 0 Å². The van der Waals surface area contributed by atoms with Crippen molar-refractivity contribution in [3.05, 3.63) is 29.0 Å². The third-order valence-corrected chi connectivity index (χ3v) is 4.86. The van der Waals surface area contributed by atoms with Crippen LogP contribution in [0, 0.1) is 0 Å². The van der Waals surface area contributed by atoms with Gasteiger partial charge in [0.05, 0.1) is 16.3 Å². The maximum atomic E-state index is 11.6. The molecule has 1 aromatic heterocycles. The Labute approximate surface area is 117 Å². The van der Waals surface area contributed by atoms with E-state index in [0.717, 1.165) is 16.9 Å². The van der Waals surface area contributed by atoms with Gasteiger partial charge >= 0.3 is 0 Å². The van der Waals surface area contributed by atoms with Crippen LogP contribution in [0.3, 0.4) is 0 Å². The van der Waals surface area contributed by atoms with Gasteiger partial charge in [-0.2, -0.15) is 0 Å². The zero-order chi connectivity index (χ0) is 14.0. The number of aromatic amines is 1. The zero-order valence-corrected chi connectivity index (χ0v) is 12.3. The Balaban J connectivity index is 2.03. The first kappa shape index (κ1) is 14.3. The fourth-order valence-corrected chi connectivity index (χ4v) is 2.52. The Morgan fingerprint density at radius 2 is 2.16 bits per heavy atom. The van der Waals surface area contributed by atoms with Gasteiger partial charge in [0, 0.05) is 18.0 Å². The van der Waals surface area contributed by atoms with Gasteiger partial charge in [-0.25, -0.2) is 18.1 Å². The molecule has 0 aliphatic heterocycles. The number of hydrogen-bond donors (Lipinski definition) is 2. The largest absolute Gasteiger partial charge is 0.342 e. The number of benzene rings is 1. The highest BCUT2D eigenvalue weighted by atomic mass is 35.5. The lowest BCUT2D eigenvalue weighted by molar-refractivity contribution is 0.572. The standard InChI is InChI=1S/C12H16ClN3O2S/c1-8(2)19(17,18)14-6-5-12-15-10-4-3-9(13)7-11(10)16-12/h3-4,7-8,14H,5-6H2,1-2H3,(H,15,16). The van der Waals surface area contributed by atoms with E-state index in [2.05, 4.69) is 14.7 Å². The number of halogens is 1. The molecule has 0 aliphatic carbocycles. The van der Waals surface area contributed by atoms with E-state index >= 15 is 0 Å². The summed E-state index contributed by atoms with van der Waals surface area (Å²) in [6, 6.07) is 5.40. The molecule has 0 saturated carbocycles. The number of H-pyrrole nitrogens is 1. The lowest BCUT2D eigenvalue weighted by atomic mass is 10.3. The van der Waals surface area contributed by atoms with Gasteiger partial charge in [-0.1, -0.05) is 11.6 Å². The summed E-state index contributed by atoms with van der Waals surface area (Å²) in [6.45, 7) is 3.62. The van der Waals surface area contributed by atoms with Gasteiger partial charge < -0.3 is 4.98 Å². The molecular weight excluding hydrogens is 286 g/mol. The minimum absolute atomic E-state index is 0.327. The van der Waals surface area contributed by atoms with E-state index in [4.69, 9.17) is 11.6 Å². The average Bonchev–Trinajstić information content (AvgIpc) is 2.70. The molecule has 2 aromatic rings. The number of nitrogens with one attached hydrogen (secondary N) is 2. The second-order valence-corrected chi connectivity index (χ2v) is 7.34. The Kier molecular flexibility index (Phi) is 4.13. The predicted molar refractivity (Wildman–Crippen MR) is 76.9 cm³/mol. The van der Waals surface area contributed by atoms with Crippen LogP contribution in [-0.2, 0) is 16.4 Å². The van der Waals surface area contributed by atoms with Crippen LogP contribution in [0.1, 0.15) is 19.7 Å². The van der Waals surface area contributed by atoms with Gasteiger partial charge in [0.25, 0.3) is 0 Å². The molecule has 5 nitrogen and oxygen atoms in total. The van der Waals surface area contributed by atoms with Crippen LogP contribution in [0.15, 0.2) is 18.2 Å². The first-order chi connectivity index (χ1) is 8.88. The van der Waals surface area contributed by atoms with Gasteiger partial charge in [-0.3, -0.25) is 0 Å². The predicted octanol–water partition coefficient (Wildman–Crippen LogP) is 2.09. The number of rotatable bonds is 5. The minimum atomic E-state index is -3.22. The van der Waals surface area contributed by atoms with E-state index < -0.39 is 15.3 Å². The fourth-order valence-electron chi connectivity index (χ4n) is 1.63. The van der Waals surface area contributed by atoms with E-state index in [1.165, 1.54) is 0 Å². The third kappa shape index (κ3) is 3.46. The Morgan fingerprint density at radius 3 is 2.84 bits per heavy atom. The van der Waals surface area contributed by atoms with Gasteiger partial charge in [0.15, 0.2) is 0 Å².